The van der Waals surface area contributed by atoms with Gasteiger partial charge in [-0.25, -0.2) is 18.1 Å². The van der Waals surface area contributed by atoms with E-state index in [2.05, 4.69) is 15.0 Å². The highest BCUT2D eigenvalue weighted by atomic mass is 32.2. The van der Waals surface area contributed by atoms with Crippen LogP contribution in [0.4, 0.5) is 0 Å². The molecule has 1 amide bonds. The van der Waals surface area contributed by atoms with Crippen molar-refractivity contribution in [2.75, 3.05) is 13.6 Å². The molecule has 192 valence electrons. The third-order valence-corrected chi connectivity index (χ3v) is 7.80. The van der Waals surface area contributed by atoms with Crippen LogP contribution < -0.4 is 10.0 Å². The largest absolute Gasteiger partial charge is 0.481 e. The van der Waals surface area contributed by atoms with Crippen LogP contribution in [0.25, 0.3) is 22.4 Å². The molecule has 4 rings (SSSR count). The molecule has 0 bridgehead atoms. The van der Waals surface area contributed by atoms with E-state index < -0.39 is 16.0 Å². The zero-order chi connectivity index (χ0) is 26.0. The molecule has 1 aliphatic carbocycles. The number of nitrogens with zero attached hydrogens (tertiary/aromatic N) is 1. The molecule has 2 aromatic heterocycles. The van der Waals surface area contributed by atoms with Crippen molar-refractivity contribution in [2.24, 2.45) is 0 Å². The van der Waals surface area contributed by atoms with E-state index in [1.54, 1.807) is 7.05 Å². The van der Waals surface area contributed by atoms with Gasteiger partial charge in [-0.3, -0.25) is 9.59 Å². The summed E-state index contributed by atoms with van der Waals surface area (Å²) in [6.45, 7) is 4.16. The molecular weight excluding hydrogens is 482 g/mol. The zero-order valence-corrected chi connectivity index (χ0v) is 21.5. The molecule has 3 N–H and O–H groups in total. The smallest absolute Gasteiger partial charge is 0.303 e. The van der Waals surface area contributed by atoms with Crippen molar-refractivity contribution in [2.45, 2.75) is 57.6 Å². The predicted molar refractivity (Wildman–Crippen MR) is 136 cm³/mol. The Morgan fingerprint density at radius 3 is 2.53 bits per heavy atom. The number of unbranched alkanes of at least 4 members (excludes halogenated alkanes) is 1. The lowest BCUT2D eigenvalue weighted by Crippen LogP contribution is -2.27. The van der Waals surface area contributed by atoms with Crippen LogP contribution in [0.15, 0.2) is 28.7 Å². The quantitative estimate of drug-likeness (QED) is 0.329. The van der Waals surface area contributed by atoms with E-state index >= 15 is 0 Å². The van der Waals surface area contributed by atoms with Crippen molar-refractivity contribution < 1.29 is 27.5 Å². The number of hydrogen-bond acceptors (Lipinski definition) is 6. The van der Waals surface area contributed by atoms with Crippen LogP contribution >= 0.6 is 0 Å². The number of aliphatic carboxylic acids is 1. The van der Waals surface area contributed by atoms with Gasteiger partial charge in [0.05, 0.1) is 16.6 Å². The van der Waals surface area contributed by atoms with Crippen LogP contribution in [0.1, 0.15) is 70.8 Å². The Bertz CT molecular complexity index is 1420. The second-order valence-electron chi connectivity index (χ2n) is 9.34. The normalized spacial score (nSPS) is 13.8. The molecule has 1 aromatic carbocycles. The molecule has 1 fully saturated rings. The number of fused-ring (bicyclic) bond motifs is 1. The maximum absolute atomic E-state index is 12.9. The molecule has 3 aromatic rings. The van der Waals surface area contributed by atoms with E-state index in [0.717, 1.165) is 35.1 Å². The maximum atomic E-state index is 12.9. The lowest BCUT2D eigenvalue weighted by Gasteiger charge is -2.10. The van der Waals surface area contributed by atoms with Gasteiger partial charge in [0.1, 0.15) is 11.5 Å². The summed E-state index contributed by atoms with van der Waals surface area (Å²) in [6.07, 6.45) is 2.69. The predicted octanol–water partition coefficient (Wildman–Crippen LogP) is 4.02. The van der Waals surface area contributed by atoms with Gasteiger partial charge in [-0.05, 0) is 74.3 Å². The van der Waals surface area contributed by atoms with Crippen molar-refractivity contribution in [3.63, 3.8) is 0 Å². The fourth-order valence-electron chi connectivity index (χ4n) is 4.23. The number of carbonyl (C=O) groups is 2. The Kier molecular flexibility index (Phi) is 7.46. The number of pyridine rings is 1. The minimum atomic E-state index is -3.70. The molecule has 9 nitrogen and oxygen atoms in total. The standard InChI is InChI=1S/C26H31N3O6S/c1-15-7-8-18(12-16(15)2)24-23(25(32)27-3)20-13-19(17-9-10-17)21(29-26(20)35-24)14-36(33,34)28-11-5-4-6-22(30)31/h7-8,12-13,17,28H,4-6,9-11,14H2,1-3H3,(H,27,32)(H,30,31). The number of benzene rings is 1. The zero-order valence-electron chi connectivity index (χ0n) is 20.7. The van der Waals surface area contributed by atoms with Crippen LogP contribution in [-0.4, -0.2) is 44.0 Å². The molecule has 1 aliphatic rings. The number of carbonyl (C=O) groups excluding carboxylic acids is 1. The number of rotatable bonds is 11. The third kappa shape index (κ3) is 5.76. The Hall–Kier alpha value is -3.24. The van der Waals surface area contributed by atoms with E-state index in [-0.39, 0.29) is 36.3 Å². The highest BCUT2D eigenvalue weighted by Gasteiger charge is 2.31. The summed E-state index contributed by atoms with van der Waals surface area (Å²) in [7, 11) is -2.14. The highest BCUT2D eigenvalue weighted by molar-refractivity contribution is 7.88. The monoisotopic (exact) mass is 513 g/mol. The van der Waals surface area contributed by atoms with Gasteiger partial charge in [-0.15, -0.1) is 0 Å². The van der Waals surface area contributed by atoms with E-state index in [1.165, 1.54) is 0 Å². The highest BCUT2D eigenvalue weighted by Crippen LogP contribution is 2.44. The summed E-state index contributed by atoms with van der Waals surface area (Å²) in [5.41, 5.74) is 4.76. The molecule has 0 aliphatic heterocycles. The summed E-state index contributed by atoms with van der Waals surface area (Å²) >= 11 is 0. The lowest BCUT2D eigenvalue weighted by atomic mass is 10.00. The first-order chi connectivity index (χ1) is 17.1. The molecule has 1 saturated carbocycles. The van der Waals surface area contributed by atoms with Crippen LogP contribution in [0.3, 0.4) is 0 Å². The number of nitrogens with one attached hydrogen (secondary N) is 2. The Morgan fingerprint density at radius 1 is 1.14 bits per heavy atom. The van der Waals surface area contributed by atoms with Gasteiger partial charge in [-0.2, -0.15) is 0 Å². The lowest BCUT2D eigenvalue weighted by molar-refractivity contribution is -0.137. The van der Waals surface area contributed by atoms with E-state index in [1.807, 2.05) is 38.1 Å². The number of sulfonamides is 1. The number of amides is 1. The first kappa shape index (κ1) is 25.8. The van der Waals surface area contributed by atoms with Crippen molar-refractivity contribution in [1.82, 2.24) is 15.0 Å². The fourth-order valence-corrected chi connectivity index (χ4v) is 5.38. The molecule has 2 heterocycles. The van der Waals surface area contributed by atoms with Crippen LogP contribution in [0.2, 0.25) is 0 Å². The van der Waals surface area contributed by atoms with Gasteiger partial charge in [0.15, 0.2) is 0 Å². The van der Waals surface area contributed by atoms with Gasteiger partial charge in [0.25, 0.3) is 5.91 Å². The molecule has 10 heteroatoms. The van der Waals surface area contributed by atoms with E-state index in [0.29, 0.717) is 35.2 Å². The first-order valence-electron chi connectivity index (χ1n) is 12.0. The number of aryl methyl sites for hydroxylation is 2. The van der Waals surface area contributed by atoms with Crippen molar-refractivity contribution in [3.8, 4) is 11.3 Å². The summed E-state index contributed by atoms with van der Waals surface area (Å²) in [4.78, 5) is 28.2. The van der Waals surface area contributed by atoms with E-state index in [9.17, 15) is 18.0 Å². The van der Waals surface area contributed by atoms with Crippen molar-refractivity contribution >= 4 is 33.0 Å². The first-order valence-corrected chi connectivity index (χ1v) is 13.7. The SMILES string of the molecule is CNC(=O)c1c(-c2ccc(C)c(C)c2)oc2nc(CS(=O)(=O)NCCCCC(=O)O)c(C3CC3)cc12. The summed E-state index contributed by atoms with van der Waals surface area (Å²) in [5, 5.41) is 12.0. The maximum Gasteiger partial charge on any atom is 0.303 e. The molecule has 0 unspecified atom stereocenters. The summed E-state index contributed by atoms with van der Waals surface area (Å²) in [5.74, 6) is -0.922. The number of furan rings is 1. The minimum Gasteiger partial charge on any atom is -0.481 e. The average molecular weight is 514 g/mol. The molecule has 0 atom stereocenters. The van der Waals surface area contributed by atoms with Crippen LogP contribution in [0, 0.1) is 13.8 Å². The number of carboxylic acid groups (broad SMARTS) is 1. The Morgan fingerprint density at radius 2 is 1.89 bits per heavy atom. The van der Waals surface area contributed by atoms with Gasteiger partial charge < -0.3 is 14.8 Å². The average Bonchev–Trinajstić information content (AvgIpc) is 3.59. The van der Waals surface area contributed by atoms with Crippen LogP contribution in [0.5, 0.6) is 0 Å². The van der Waals surface area contributed by atoms with E-state index in [4.69, 9.17) is 9.52 Å². The van der Waals surface area contributed by atoms with Gasteiger partial charge in [-0.1, -0.05) is 12.1 Å². The minimum absolute atomic E-state index is 0.000778. The Labute approximate surface area is 210 Å². The number of aromatic nitrogens is 1. The Balaban J connectivity index is 1.71. The molecular formula is C26H31N3O6S. The summed E-state index contributed by atoms with van der Waals surface area (Å²) < 4.78 is 34.2. The molecule has 0 spiro atoms. The second-order valence-corrected chi connectivity index (χ2v) is 11.1. The van der Waals surface area contributed by atoms with Gasteiger partial charge in [0.2, 0.25) is 15.7 Å². The topological polar surface area (TPSA) is 139 Å². The fraction of sp³-hybridized carbons (Fsp3) is 0.423. The molecule has 36 heavy (non-hydrogen) atoms. The second kappa shape index (κ2) is 10.4. The third-order valence-electron chi connectivity index (χ3n) is 6.50. The molecule has 0 saturated heterocycles. The summed E-state index contributed by atoms with van der Waals surface area (Å²) in [6, 6.07) is 7.68. The molecule has 0 radical (unpaired) electrons. The number of hydrogen-bond donors (Lipinski definition) is 3. The van der Waals surface area contributed by atoms with Crippen LogP contribution in [-0.2, 0) is 20.6 Å². The van der Waals surface area contributed by atoms with Gasteiger partial charge >= 0.3 is 5.97 Å². The van der Waals surface area contributed by atoms with Gasteiger partial charge in [0, 0.05) is 25.6 Å². The van der Waals surface area contributed by atoms with Crippen molar-refractivity contribution in [1.29, 1.82) is 0 Å². The number of carboxylic acids is 1. The van der Waals surface area contributed by atoms with Crippen molar-refractivity contribution in [3.05, 3.63) is 52.2 Å².